The Balaban J connectivity index is 1.52. The molecule has 3 nitrogen and oxygen atoms in total. The number of oxazole rings is 1. The summed E-state index contributed by atoms with van der Waals surface area (Å²) >= 11 is 5.23. The molecule has 0 aliphatic carbocycles. The molecule has 1 aliphatic heterocycles. The van der Waals surface area contributed by atoms with Gasteiger partial charge in [-0.15, -0.1) is 11.3 Å². The predicted octanol–water partition coefficient (Wildman–Crippen LogP) is 5.50. The maximum absolute atomic E-state index is 5.64. The van der Waals surface area contributed by atoms with Crippen LogP contribution in [0.15, 0.2) is 56.9 Å². The van der Waals surface area contributed by atoms with Crippen LogP contribution in [0.4, 0.5) is 0 Å². The van der Waals surface area contributed by atoms with Crippen LogP contribution in [0, 0.1) is 0 Å². The van der Waals surface area contributed by atoms with Gasteiger partial charge in [-0.25, -0.2) is 4.98 Å². The van der Waals surface area contributed by atoms with Gasteiger partial charge in [-0.3, -0.25) is 4.90 Å². The molecule has 2 aromatic heterocycles. The number of thiophene rings is 1. The second-order valence-electron chi connectivity index (χ2n) is 5.80. The van der Waals surface area contributed by atoms with Crippen molar-refractivity contribution in [3.63, 3.8) is 0 Å². The highest BCUT2D eigenvalue weighted by Gasteiger charge is 2.27. The van der Waals surface area contributed by atoms with Crippen LogP contribution in [-0.2, 0) is 6.54 Å². The van der Waals surface area contributed by atoms with Crippen molar-refractivity contribution >= 4 is 27.3 Å². The van der Waals surface area contributed by atoms with Gasteiger partial charge in [0.2, 0.25) is 5.89 Å². The van der Waals surface area contributed by atoms with Gasteiger partial charge in [-0.1, -0.05) is 34.1 Å². The Morgan fingerprint density at radius 3 is 3.09 bits per heavy atom. The maximum Gasteiger partial charge on any atom is 0.236 e. The van der Waals surface area contributed by atoms with E-state index >= 15 is 0 Å². The molecule has 0 spiro atoms. The van der Waals surface area contributed by atoms with E-state index in [1.165, 1.54) is 18.4 Å². The number of aromatic nitrogens is 1. The molecule has 4 rings (SSSR count). The number of nitrogens with zero attached hydrogens (tertiary/aromatic N) is 2. The minimum atomic E-state index is 0.467. The lowest BCUT2D eigenvalue weighted by atomic mass is 10.0. The van der Waals surface area contributed by atoms with E-state index in [0.717, 1.165) is 34.0 Å². The fraction of sp³-hybridized carbons (Fsp3) is 0.278. The molecule has 1 fully saturated rings. The average Bonchev–Trinajstić information content (AvgIpc) is 3.29. The number of hydrogen-bond acceptors (Lipinski definition) is 4. The Morgan fingerprint density at radius 1 is 1.30 bits per heavy atom. The second-order valence-corrected chi connectivity index (χ2v) is 7.67. The van der Waals surface area contributed by atoms with E-state index in [4.69, 9.17) is 4.42 Å². The Hall–Kier alpha value is -1.43. The van der Waals surface area contributed by atoms with Crippen molar-refractivity contribution in [3.8, 4) is 10.8 Å². The molecule has 0 N–H and O–H groups in total. The lowest BCUT2D eigenvalue weighted by molar-refractivity contribution is 0.245. The standard InChI is InChI=1S/C18H17BrN2OS/c19-14-5-1-4-13(10-14)16-6-2-8-21(16)11-15-12-22-18(20-15)17-7-3-9-23-17/h1,3-5,7,9-10,12,16H,2,6,8,11H2. The summed E-state index contributed by atoms with van der Waals surface area (Å²) in [5, 5.41) is 2.04. The zero-order valence-electron chi connectivity index (χ0n) is 12.6. The quantitative estimate of drug-likeness (QED) is 0.590. The minimum Gasteiger partial charge on any atom is -0.444 e. The van der Waals surface area contributed by atoms with Gasteiger partial charge in [0.15, 0.2) is 0 Å². The fourth-order valence-corrected chi connectivity index (χ4v) is 4.28. The molecule has 1 saturated heterocycles. The second kappa shape index (κ2) is 6.59. The summed E-state index contributed by atoms with van der Waals surface area (Å²) in [6, 6.07) is 13.2. The van der Waals surface area contributed by atoms with E-state index in [1.807, 2.05) is 17.5 Å². The van der Waals surface area contributed by atoms with Crippen molar-refractivity contribution < 1.29 is 4.42 Å². The first-order valence-electron chi connectivity index (χ1n) is 7.77. The smallest absolute Gasteiger partial charge is 0.236 e. The van der Waals surface area contributed by atoms with Crippen molar-refractivity contribution in [2.24, 2.45) is 0 Å². The first-order valence-corrected chi connectivity index (χ1v) is 9.45. The van der Waals surface area contributed by atoms with E-state index in [0.29, 0.717) is 6.04 Å². The molecule has 0 amide bonds. The molecule has 0 saturated carbocycles. The Labute approximate surface area is 148 Å². The third-order valence-electron chi connectivity index (χ3n) is 4.25. The average molecular weight is 389 g/mol. The summed E-state index contributed by atoms with van der Waals surface area (Å²) in [6.07, 6.45) is 4.23. The summed E-state index contributed by atoms with van der Waals surface area (Å²) in [4.78, 5) is 8.24. The van der Waals surface area contributed by atoms with E-state index in [1.54, 1.807) is 17.6 Å². The van der Waals surface area contributed by atoms with Crippen molar-refractivity contribution in [3.05, 3.63) is 63.8 Å². The van der Waals surface area contributed by atoms with E-state index in [2.05, 4.69) is 50.1 Å². The SMILES string of the molecule is Brc1cccc(C2CCCN2Cc2coc(-c3cccs3)n2)c1. The van der Waals surface area contributed by atoms with Gasteiger partial charge in [0.1, 0.15) is 6.26 Å². The molecule has 0 radical (unpaired) electrons. The normalized spacial score (nSPS) is 18.6. The number of halogens is 1. The molecule has 3 aromatic rings. The number of hydrogen-bond donors (Lipinski definition) is 0. The highest BCUT2D eigenvalue weighted by atomic mass is 79.9. The molecule has 23 heavy (non-hydrogen) atoms. The Bertz CT molecular complexity index is 784. The van der Waals surface area contributed by atoms with Gasteiger partial charge in [-0.2, -0.15) is 0 Å². The van der Waals surface area contributed by atoms with Crippen molar-refractivity contribution in [1.29, 1.82) is 0 Å². The Morgan fingerprint density at radius 2 is 2.26 bits per heavy atom. The van der Waals surface area contributed by atoms with Gasteiger partial charge in [0.05, 0.1) is 10.6 Å². The topological polar surface area (TPSA) is 29.3 Å². The van der Waals surface area contributed by atoms with E-state index < -0.39 is 0 Å². The summed E-state index contributed by atoms with van der Waals surface area (Å²) in [7, 11) is 0. The van der Waals surface area contributed by atoms with Crippen LogP contribution in [0.2, 0.25) is 0 Å². The van der Waals surface area contributed by atoms with Crippen LogP contribution in [0.5, 0.6) is 0 Å². The zero-order chi connectivity index (χ0) is 15.6. The third-order valence-corrected chi connectivity index (χ3v) is 5.60. The molecule has 3 heterocycles. The summed E-state index contributed by atoms with van der Waals surface area (Å²) in [5.41, 5.74) is 2.38. The number of benzene rings is 1. The van der Waals surface area contributed by atoms with E-state index in [-0.39, 0.29) is 0 Å². The molecule has 5 heteroatoms. The van der Waals surface area contributed by atoms with Gasteiger partial charge in [-0.05, 0) is 48.5 Å². The molecule has 0 bridgehead atoms. The first-order chi connectivity index (χ1) is 11.3. The molecule has 1 aromatic carbocycles. The van der Waals surface area contributed by atoms with E-state index in [9.17, 15) is 0 Å². The van der Waals surface area contributed by atoms with Crippen LogP contribution < -0.4 is 0 Å². The molecule has 1 unspecified atom stereocenters. The van der Waals surface area contributed by atoms with Gasteiger partial charge in [0.25, 0.3) is 0 Å². The molecule has 1 aliphatic rings. The molecular formula is C18H17BrN2OS. The minimum absolute atomic E-state index is 0.467. The maximum atomic E-state index is 5.64. The summed E-state index contributed by atoms with van der Waals surface area (Å²) < 4.78 is 6.79. The lowest BCUT2D eigenvalue weighted by Crippen LogP contribution is -2.22. The predicted molar refractivity (Wildman–Crippen MR) is 96.3 cm³/mol. The Kier molecular flexibility index (Phi) is 4.33. The summed E-state index contributed by atoms with van der Waals surface area (Å²) in [5.74, 6) is 0.730. The van der Waals surface area contributed by atoms with Gasteiger partial charge >= 0.3 is 0 Å². The molecule has 118 valence electrons. The number of rotatable bonds is 4. The summed E-state index contributed by atoms with van der Waals surface area (Å²) in [6.45, 7) is 1.95. The van der Waals surface area contributed by atoms with Crippen molar-refractivity contribution in [2.45, 2.75) is 25.4 Å². The number of likely N-dealkylation sites (tertiary alicyclic amines) is 1. The molecule has 1 atom stereocenters. The third kappa shape index (κ3) is 3.27. The van der Waals surface area contributed by atoms with Crippen LogP contribution in [0.3, 0.4) is 0 Å². The highest BCUT2D eigenvalue weighted by Crippen LogP contribution is 2.34. The van der Waals surface area contributed by atoms with Crippen LogP contribution in [0.1, 0.15) is 30.1 Å². The van der Waals surface area contributed by atoms with Gasteiger partial charge in [0, 0.05) is 17.1 Å². The lowest BCUT2D eigenvalue weighted by Gasteiger charge is -2.24. The monoisotopic (exact) mass is 388 g/mol. The van der Waals surface area contributed by atoms with Crippen LogP contribution in [0.25, 0.3) is 10.8 Å². The van der Waals surface area contributed by atoms with Crippen molar-refractivity contribution in [1.82, 2.24) is 9.88 Å². The first kappa shape index (κ1) is 15.1. The van der Waals surface area contributed by atoms with Crippen LogP contribution >= 0.6 is 27.3 Å². The van der Waals surface area contributed by atoms with Crippen molar-refractivity contribution in [2.75, 3.05) is 6.54 Å². The molecular weight excluding hydrogens is 372 g/mol. The van der Waals surface area contributed by atoms with Crippen LogP contribution in [-0.4, -0.2) is 16.4 Å². The van der Waals surface area contributed by atoms with Gasteiger partial charge < -0.3 is 4.42 Å². The zero-order valence-corrected chi connectivity index (χ0v) is 15.0. The fourth-order valence-electron chi connectivity index (χ4n) is 3.21. The highest BCUT2D eigenvalue weighted by molar-refractivity contribution is 9.10. The largest absolute Gasteiger partial charge is 0.444 e.